The molecular formula is C18H26ClFN2O2. The van der Waals surface area contributed by atoms with Crippen molar-refractivity contribution in [1.82, 2.24) is 10.2 Å². The molecule has 1 amide bonds. The predicted octanol–water partition coefficient (Wildman–Crippen LogP) is 2.51. The molecule has 0 saturated carbocycles. The first-order chi connectivity index (χ1) is 11.2. The van der Waals surface area contributed by atoms with Crippen LogP contribution in [0, 0.1) is 5.82 Å². The Labute approximate surface area is 149 Å². The van der Waals surface area contributed by atoms with Gasteiger partial charge in [0.2, 0.25) is 5.91 Å². The average molecular weight is 357 g/mol. The molecule has 0 bridgehead atoms. The first-order valence-electron chi connectivity index (χ1n) is 8.46. The molecule has 4 nitrogen and oxygen atoms in total. The topological polar surface area (TPSA) is 41.6 Å². The van der Waals surface area contributed by atoms with E-state index in [2.05, 4.69) is 5.32 Å². The molecule has 0 radical (unpaired) electrons. The number of nitrogens with one attached hydrogen (secondary N) is 1. The Morgan fingerprint density at radius 2 is 1.96 bits per heavy atom. The number of hydrogen-bond donors (Lipinski definition) is 1. The van der Waals surface area contributed by atoms with Crippen LogP contribution in [0.4, 0.5) is 4.39 Å². The van der Waals surface area contributed by atoms with Gasteiger partial charge in [-0.1, -0.05) is 12.1 Å². The van der Waals surface area contributed by atoms with E-state index in [0.717, 1.165) is 31.5 Å². The molecular weight excluding hydrogens is 331 g/mol. The first kappa shape index (κ1) is 19.2. The number of piperidine rings is 1. The molecule has 2 heterocycles. The normalized spacial score (nSPS) is 21.2. The van der Waals surface area contributed by atoms with Gasteiger partial charge >= 0.3 is 0 Å². The largest absolute Gasteiger partial charge is 0.381 e. The summed E-state index contributed by atoms with van der Waals surface area (Å²) in [4.78, 5) is 15.3. The Morgan fingerprint density at radius 3 is 2.54 bits per heavy atom. The van der Waals surface area contributed by atoms with Crippen LogP contribution in [-0.4, -0.2) is 50.2 Å². The van der Waals surface area contributed by atoms with Gasteiger partial charge < -0.3 is 15.0 Å². The lowest BCUT2D eigenvalue weighted by Gasteiger charge is -2.42. The van der Waals surface area contributed by atoms with E-state index in [1.807, 2.05) is 18.0 Å². The highest BCUT2D eigenvalue weighted by Crippen LogP contribution is 2.37. The molecule has 6 heteroatoms. The van der Waals surface area contributed by atoms with Crippen molar-refractivity contribution in [3.05, 3.63) is 35.6 Å². The fraction of sp³-hybridized carbons (Fsp3) is 0.611. The van der Waals surface area contributed by atoms with Crippen molar-refractivity contribution < 1.29 is 13.9 Å². The van der Waals surface area contributed by atoms with Gasteiger partial charge in [-0.2, -0.15) is 0 Å². The van der Waals surface area contributed by atoms with Gasteiger partial charge in [0.15, 0.2) is 0 Å². The molecule has 3 rings (SSSR count). The van der Waals surface area contributed by atoms with Crippen LogP contribution < -0.4 is 5.32 Å². The van der Waals surface area contributed by atoms with Gasteiger partial charge in [-0.3, -0.25) is 4.79 Å². The van der Waals surface area contributed by atoms with Crippen LogP contribution in [0.15, 0.2) is 24.3 Å². The Kier molecular flexibility index (Phi) is 6.61. The predicted molar refractivity (Wildman–Crippen MR) is 94.0 cm³/mol. The average Bonchev–Trinajstić information content (AvgIpc) is 2.62. The van der Waals surface area contributed by atoms with Crippen LogP contribution in [0.5, 0.6) is 0 Å². The molecule has 134 valence electrons. The first-order valence-corrected chi connectivity index (χ1v) is 8.46. The molecule has 2 fully saturated rings. The number of hydrogen-bond acceptors (Lipinski definition) is 3. The lowest BCUT2D eigenvalue weighted by molar-refractivity contribution is -0.142. The number of amides is 1. The van der Waals surface area contributed by atoms with Crippen molar-refractivity contribution in [3.8, 4) is 0 Å². The fourth-order valence-electron chi connectivity index (χ4n) is 3.81. The lowest BCUT2D eigenvalue weighted by Crippen LogP contribution is -2.53. The van der Waals surface area contributed by atoms with Gasteiger partial charge in [0.25, 0.3) is 0 Å². The van der Waals surface area contributed by atoms with Gasteiger partial charge in [0.1, 0.15) is 5.82 Å². The minimum Gasteiger partial charge on any atom is -0.381 e. The monoisotopic (exact) mass is 356 g/mol. The molecule has 0 aromatic heterocycles. The Hall–Kier alpha value is -1.17. The maximum Gasteiger partial charge on any atom is 0.233 e. The number of carbonyl (C=O) groups is 1. The highest BCUT2D eigenvalue weighted by Gasteiger charge is 2.44. The molecule has 2 saturated heterocycles. The molecule has 0 unspecified atom stereocenters. The summed E-state index contributed by atoms with van der Waals surface area (Å²) in [5.74, 6) is -0.143. The van der Waals surface area contributed by atoms with Crippen molar-refractivity contribution in [2.75, 3.05) is 33.4 Å². The molecule has 24 heavy (non-hydrogen) atoms. The minimum absolute atomic E-state index is 0. The van der Waals surface area contributed by atoms with E-state index in [1.54, 1.807) is 6.07 Å². The Morgan fingerprint density at radius 1 is 1.29 bits per heavy atom. The van der Waals surface area contributed by atoms with E-state index in [4.69, 9.17) is 4.74 Å². The maximum atomic E-state index is 13.7. The lowest BCUT2D eigenvalue weighted by atomic mass is 9.72. The summed E-state index contributed by atoms with van der Waals surface area (Å²) in [6.45, 7) is 2.63. The number of rotatable bonds is 3. The zero-order valence-corrected chi connectivity index (χ0v) is 14.9. The molecule has 1 N–H and O–H groups in total. The maximum absolute atomic E-state index is 13.7. The fourth-order valence-corrected chi connectivity index (χ4v) is 3.81. The molecule has 0 spiro atoms. The second-order valence-corrected chi connectivity index (χ2v) is 6.56. The minimum atomic E-state index is -0.632. The van der Waals surface area contributed by atoms with Crippen LogP contribution in [0.3, 0.4) is 0 Å². The molecule has 0 aliphatic carbocycles. The molecule has 0 atom stereocenters. The summed E-state index contributed by atoms with van der Waals surface area (Å²) in [7, 11) is 1.97. The van der Waals surface area contributed by atoms with Crippen LogP contribution in [-0.2, 0) is 14.9 Å². The zero-order chi connectivity index (χ0) is 16.3. The van der Waals surface area contributed by atoms with Crippen molar-refractivity contribution in [3.63, 3.8) is 0 Å². The summed E-state index contributed by atoms with van der Waals surface area (Å²) in [6.07, 6.45) is 3.19. The third kappa shape index (κ3) is 3.73. The number of ether oxygens (including phenoxy) is 1. The van der Waals surface area contributed by atoms with Gasteiger partial charge in [0, 0.05) is 32.3 Å². The van der Waals surface area contributed by atoms with Crippen molar-refractivity contribution in [2.45, 2.75) is 37.1 Å². The summed E-state index contributed by atoms with van der Waals surface area (Å²) in [6, 6.07) is 7.01. The van der Waals surface area contributed by atoms with Crippen molar-refractivity contribution in [2.24, 2.45) is 0 Å². The van der Waals surface area contributed by atoms with E-state index < -0.39 is 5.41 Å². The third-order valence-corrected chi connectivity index (χ3v) is 5.32. The van der Waals surface area contributed by atoms with Gasteiger partial charge in [-0.05, 0) is 50.4 Å². The Balaban J connectivity index is 0.00000208. The van der Waals surface area contributed by atoms with E-state index in [9.17, 15) is 9.18 Å². The third-order valence-electron chi connectivity index (χ3n) is 5.32. The number of halogens is 2. The van der Waals surface area contributed by atoms with E-state index in [0.29, 0.717) is 32.1 Å². The number of nitrogens with zero attached hydrogens (tertiary/aromatic N) is 1. The van der Waals surface area contributed by atoms with Crippen LogP contribution in [0.25, 0.3) is 0 Å². The summed E-state index contributed by atoms with van der Waals surface area (Å²) < 4.78 is 19.2. The SMILES string of the molecule is CNC1CCN(C(=O)C2(c3cccc(F)c3)CCOCC2)CC1.Cl. The number of benzene rings is 1. The Bertz CT molecular complexity index is 556. The molecule has 1 aromatic rings. The van der Waals surface area contributed by atoms with Crippen molar-refractivity contribution >= 4 is 18.3 Å². The van der Waals surface area contributed by atoms with Gasteiger partial charge in [-0.15, -0.1) is 12.4 Å². The van der Waals surface area contributed by atoms with E-state index in [-0.39, 0.29) is 24.1 Å². The summed E-state index contributed by atoms with van der Waals surface area (Å²) in [5, 5.41) is 3.28. The highest BCUT2D eigenvalue weighted by molar-refractivity contribution is 5.88. The molecule has 1 aromatic carbocycles. The van der Waals surface area contributed by atoms with Gasteiger partial charge in [0.05, 0.1) is 5.41 Å². The number of carbonyl (C=O) groups excluding carboxylic acids is 1. The van der Waals surface area contributed by atoms with Gasteiger partial charge in [-0.25, -0.2) is 4.39 Å². The standard InChI is InChI=1S/C18H25FN2O2.ClH/c1-20-16-5-9-21(10-6-16)17(22)18(7-11-23-12-8-18)14-3-2-4-15(19)13-14;/h2-4,13,16,20H,5-12H2,1H3;1H. The second-order valence-electron chi connectivity index (χ2n) is 6.56. The van der Waals surface area contributed by atoms with Crippen LogP contribution in [0.1, 0.15) is 31.2 Å². The zero-order valence-electron chi connectivity index (χ0n) is 14.1. The molecule has 2 aliphatic rings. The quantitative estimate of drug-likeness (QED) is 0.904. The highest BCUT2D eigenvalue weighted by atomic mass is 35.5. The number of likely N-dealkylation sites (tertiary alicyclic amines) is 1. The summed E-state index contributed by atoms with van der Waals surface area (Å²) >= 11 is 0. The van der Waals surface area contributed by atoms with Crippen LogP contribution in [0.2, 0.25) is 0 Å². The van der Waals surface area contributed by atoms with E-state index >= 15 is 0 Å². The smallest absolute Gasteiger partial charge is 0.233 e. The van der Waals surface area contributed by atoms with E-state index in [1.165, 1.54) is 12.1 Å². The van der Waals surface area contributed by atoms with Crippen molar-refractivity contribution in [1.29, 1.82) is 0 Å². The molecule has 2 aliphatic heterocycles. The van der Waals surface area contributed by atoms with Crippen LogP contribution >= 0.6 is 12.4 Å². The summed E-state index contributed by atoms with van der Waals surface area (Å²) in [5.41, 5.74) is 0.161. The second kappa shape index (κ2) is 8.28.